The van der Waals surface area contributed by atoms with Gasteiger partial charge in [0.15, 0.2) is 12.2 Å². The first-order valence-electron chi connectivity index (χ1n) is 39.3. The summed E-state index contributed by atoms with van der Waals surface area (Å²) in [6.07, 6.45) is 50.2. The normalized spacial score (nSPS) is 15.0. The third-order valence-electron chi connectivity index (χ3n) is 18.7. The van der Waals surface area contributed by atoms with E-state index in [0.29, 0.717) is 31.6 Å². The van der Waals surface area contributed by atoms with Crippen molar-refractivity contribution in [2.75, 3.05) is 39.6 Å². The third-order valence-corrected chi connectivity index (χ3v) is 20.6. The molecule has 0 aliphatic rings. The number of phosphoric ester groups is 2. The number of rotatable bonds is 73. The minimum atomic E-state index is -4.96. The van der Waals surface area contributed by atoms with Crippen LogP contribution in [-0.4, -0.2) is 96.7 Å². The number of aliphatic hydroxyl groups is 1. The van der Waals surface area contributed by atoms with Crippen LogP contribution in [0.1, 0.15) is 383 Å². The van der Waals surface area contributed by atoms with Crippen molar-refractivity contribution in [3.63, 3.8) is 0 Å². The second-order valence-electron chi connectivity index (χ2n) is 28.6. The molecule has 0 aliphatic carbocycles. The maximum atomic E-state index is 13.1. The summed E-state index contributed by atoms with van der Waals surface area (Å²) >= 11 is 0. The van der Waals surface area contributed by atoms with Gasteiger partial charge in [0, 0.05) is 25.7 Å². The largest absolute Gasteiger partial charge is 0.472 e. The number of carbonyl (C=O) groups excluding carboxylic acids is 4. The van der Waals surface area contributed by atoms with E-state index in [4.69, 9.17) is 37.0 Å². The van der Waals surface area contributed by atoms with Crippen molar-refractivity contribution in [1.82, 2.24) is 0 Å². The SMILES string of the molecule is CCC(C)CCCCCCCCCCCCCCCCCCCCC(=O)O[C@H](COC(=O)CCCCCCCCC(C)CC)COP(=O)(O)OC[C@@H](O)COP(=O)(O)OC[C@@H](COC(=O)CCCCCCCCC(C)C)OC(=O)CCCCCCCCCCCCC(C)CC. The van der Waals surface area contributed by atoms with Gasteiger partial charge in [-0.05, 0) is 49.4 Å². The molecule has 564 valence electrons. The molecular formula is C76H148O17P2. The summed E-state index contributed by atoms with van der Waals surface area (Å²) in [6.45, 7) is 14.2. The Labute approximate surface area is 581 Å². The van der Waals surface area contributed by atoms with E-state index in [9.17, 15) is 43.2 Å². The van der Waals surface area contributed by atoms with Crippen molar-refractivity contribution < 1.29 is 80.2 Å². The van der Waals surface area contributed by atoms with E-state index in [1.54, 1.807) is 0 Å². The van der Waals surface area contributed by atoms with Gasteiger partial charge >= 0.3 is 39.5 Å². The molecule has 0 rings (SSSR count). The fraction of sp³-hybridized carbons (Fsp3) is 0.947. The van der Waals surface area contributed by atoms with E-state index >= 15 is 0 Å². The van der Waals surface area contributed by atoms with E-state index in [1.807, 2.05) is 0 Å². The first kappa shape index (κ1) is 93.1. The molecule has 0 aromatic rings. The molecule has 95 heavy (non-hydrogen) atoms. The predicted octanol–water partition coefficient (Wildman–Crippen LogP) is 22.0. The zero-order valence-corrected chi connectivity index (χ0v) is 64.1. The Hall–Kier alpha value is -1.94. The second kappa shape index (κ2) is 65.4. The quantitative estimate of drug-likeness (QED) is 0.0222. The molecule has 0 amide bonds. The third kappa shape index (κ3) is 66.4. The van der Waals surface area contributed by atoms with Crippen LogP contribution in [0.25, 0.3) is 0 Å². The number of ether oxygens (including phenoxy) is 4. The fourth-order valence-electron chi connectivity index (χ4n) is 11.5. The number of hydrogen-bond donors (Lipinski definition) is 3. The predicted molar refractivity (Wildman–Crippen MR) is 386 cm³/mol. The smallest absolute Gasteiger partial charge is 0.462 e. The van der Waals surface area contributed by atoms with Crippen LogP contribution >= 0.6 is 15.6 Å². The van der Waals surface area contributed by atoms with Crippen molar-refractivity contribution >= 4 is 39.5 Å². The Bertz CT molecular complexity index is 1870. The van der Waals surface area contributed by atoms with Crippen LogP contribution in [0, 0.1) is 23.7 Å². The lowest BCUT2D eigenvalue weighted by molar-refractivity contribution is -0.161. The fourth-order valence-corrected chi connectivity index (χ4v) is 13.0. The van der Waals surface area contributed by atoms with Crippen molar-refractivity contribution in [2.45, 2.75) is 401 Å². The van der Waals surface area contributed by atoms with E-state index in [-0.39, 0.29) is 25.7 Å². The number of esters is 4. The van der Waals surface area contributed by atoms with Gasteiger partial charge in [-0.3, -0.25) is 37.3 Å². The van der Waals surface area contributed by atoms with Gasteiger partial charge in [0.25, 0.3) is 0 Å². The van der Waals surface area contributed by atoms with Crippen LogP contribution in [0.5, 0.6) is 0 Å². The van der Waals surface area contributed by atoms with Crippen LogP contribution in [0.3, 0.4) is 0 Å². The summed E-state index contributed by atoms with van der Waals surface area (Å²) in [5.74, 6) is 0.959. The van der Waals surface area contributed by atoms with Crippen LogP contribution in [0.15, 0.2) is 0 Å². The molecule has 0 aromatic heterocycles. The van der Waals surface area contributed by atoms with Crippen LogP contribution in [0.4, 0.5) is 0 Å². The molecule has 0 aromatic carbocycles. The van der Waals surface area contributed by atoms with Gasteiger partial charge in [-0.15, -0.1) is 0 Å². The Kier molecular flexibility index (Phi) is 64.0. The topological polar surface area (TPSA) is 237 Å². The highest BCUT2D eigenvalue weighted by atomic mass is 31.2. The molecule has 0 aliphatic heterocycles. The minimum absolute atomic E-state index is 0.105. The average molecular weight is 1400 g/mol. The van der Waals surface area contributed by atoms with Gasteiger partial charge < -0.3 is 33.8 Å². The lowest BCUT2D eigenvalue weighted by Gasteiger charge is -2.21. The van der Waals surface area contributed by atoms with E-state index in [2.05, 4.69) is 55.4 Å². The summed E-state index contributed by atoms with van der Waals surface area (Å²) in [6, 6.07) is 0. The van der Waals surface area contributed by atoms with E-state index < -0.39 is 97.5 Å². The summed E-state index contributed by atoms with van der Waals surface area (Å²) in [7, 11) is -9.91. The van der Waals surface area contributed by atoms with Crippen molar-refractivity contribution in [3.8, 4) is 0 Å². The molecule has 0 saturated heterocycles. The second-order valence-corrected chi connectivity index (χ2v) is 31.5. The number of phosphoric acid groups is 2. The van der Waals surface area contributed by atoms with Gasteiger partial charge in [0.05, 0.1) is 26.4 Å². The lowest BCUT2D eigenvalue weighted by Crippen LogP contribution is -2.30. The van der Waals surface area contributed by atoms with Gasteiger partial charge in [-0.2, -0.15) is 0 Å². The van der Waals surface area contributed by atoms with Crippen molar-refractivity contribution in [1.29, 1.82) is 0 Å². The number of carbonyl (C=O) groups is 4. The Morgan fingerprint density at radius 2 is 0.505 bits per heavy atom. The molecule has 19 heteroatoms. The monoisotopic (exact) mass is 1400 g/mol. The highest BCUT2D eigenvalue weighted by molar-refractivity contribution is 7.47. The molecule has 0 radical (unpaired) electrons. The van der Waals surface area contributed by atoms with Gasteiger partial charge in [-0.25, -0.2) is 9.13 Å². The maximum absolute atomic E-state index is 13.1. The molecule has 17 nitrogen and oxygen atoms in total. The molecule has 8 atom stereocenters. The van der Waals surface area contributed by atoms with Gasteiger partial charge in [0.1, 0.15) is 19.3 Å². The molecule has 0 bridgehead atoms. The van der Waals surface area contributed by atoms with Crippen molar-refractivity contribution in [3.05, 3.63) is 0 Å². The molecule has 0 saturated carbocycles. The van der Waals surface area contributed by atoms with E-state index in [0.717, 1.165) is 120 Å². The summed E-state index contributed by atoms with van der Waals surface area (Å²) in [5.41, 5.74) is 0. The maximum Gasteiger partial charge on any atom is 0.472 e. The Morgan fingerprint density at radius 3 is 0.747 bits per heavy atom. The highest BCUT2D eigenvalue weighted by Crippen LogP contribution is 2.45. The zero-order valence-electron chi connectivity index (χ0n) is 62.3. The number of unbranched alkanes of at least 4 members (excludes halogenated alkanes) is 36. The molecular weight excluding hydrogens is 1250 g/mol. The molecule has 0 spiro atoms. The standard InChI is InChI=1S/C76H148O17P2/c1-9-67(6)53-45-37-28-24-20-18-16-14-12-13-15-17-19-21-26-30-42-50-58-75(80)93-72(63-87-74(79)57-49-41-35-33-39-47-55-69(8)11-3)65-91-95(84,85)89-61-70(77)60-88-94(82,83)90-64-71(62-86-73(78)56-48-40-34-32-36-44-52-66(4)5)92-76(81)59-51-43-31-27-23-22-25-29-38-46-54-68(7)10-2/h66-72,77H,9-65H2,1-8H3,(H,82,83)(H,84,85)/t67?,68?,69?,70-,71+,72+/m0/s1. The molecule has 5 unspecified atom stereocenters. The summed E-state index contributed by atoms with van der Waals surface area (Å²) in [4.78, 5) is 72.7. The molecule has 3 N–H and O–H groups in total. The Morgan fingerprint density at radius 1 is 0.295 bits per heavy atom. The van der Waals surface area contributed by atoms with Gasteiger partial charge in [0.2, 0.25) is 0 Å². The minimum Gasteiger partial charge on any atom is -0.462 e. The van der Waals surface area contributed by atoms with Crippen LogP contribution in [-0.2, 0) is 65.4 Å². The molecule has 0 heterocycles. The lowest BCUT2D eigenvalue weighted by atomic mass is 9.99. The number of hydrogen-bond acceptors (Lipinski definition) is 15. The zero-order chi connectivity index (χ0) is 70.3. The van der Waals surface area contributed by atoms with Gasteiger partial charge in [-0.1, -0.05) is 331 Å². The average Bonchev–Trinajstić information content (AvgIpc) is 2.41. The first-order valence-corrected chi connectivity index (χ1v) is 42.3. The number of aliphatic hydroxyl groups excluding tert-OH is 1. The van der Waals surface area contributed by atoms with Crippen molar-refractivity contribution in [2.24, 2.45) is 23.7 Å². The summed E-state index contributed by atoms with van der Waals surface area (Å²) < 4.78 is 68.4. The molecule has 0 fully saturated rings. The first-order chi connectivity index (χ1) is 45.7. The highest BCUT2D eigenvalue weighted by Gasteiger charge is 2.30. The van der Waals surface area contributed by atoms with E-state index in [1.165, 1.54) is 173 Å². The Balaban J connectivity index is 5.16. The van der Waals surface area contributed by atoms with Crippen LogP contribution < -0.4 is 0 Å². The summed E-state index contributed by atoms with van der Waals surface area (Å²) in [5, 5.41) is 10.6. The van der Waals surface area contributed by atoms with Crippen LogP contribution in [0.2, 0.25) is 0 Å².